The van der Waals surface area contributed by atoms with E-state index in [2.05, 4.69) is 13.2 Å². The predicted molar refractivity (Wildman–Crippen MR) is 172 cm³/mol. The van der Waals surface area contributed by atoms with Gasteiger partial charge in [0.1, 0.15) is 11.6 Å². The number of nitrogens with zero attached hydrogens (tertiary/aromatic N) is 3. The Morgan fingerprint density at radius 3 is 2.18 bits per heavy atom. The van der Waals surface area contributed by atoms with E-state index in [9.17, 15) is 19.5 Å². The van der Waals surface area contributed by atoms with E-state index in [0.29, 0.717) is 35.7 Å². The van der Waals surface area contributed by atoms with Gasteiger partial charge in [0.25, 0.3) is 5.91 Å². The van der Waals surface area contributed by atoms with Gasteiger partial charge in [0.15, 0.2) is 0 Å². The fourth-order valence-corrected chi connectivity index (χ4v) is 7.81. The third-order valence-electron chi connectivity index (χ3n) is 9.42. The van der Waals surface area contributed by atoms with Crippen LogP contribution in [-0.4, -0.2) is 70.7 Å². The summed E-state index contributed by atoms with van der Waals surface area (Å²) in [4.78, 5) is 48.9. The van der Waals surface area contributed by atoms with Crippen molar-refractivity contribution in [1.82, 2.24) is 4.90 Å². The van der Waals surface area contributed by atoms with Crippen LogP contribution in [0.4, 0.5) is 11.4 Å². The first-order valence-corrected chi connectivity index (χ1v) is 15.7. The zero-order valence-corrected chi connectivity index (χ0v) is 26.5. The summed E-state index contributed by atoms with van der Waals surface area (Å²) in [5, 5.41) is 11.2. The van der Waals surface area contributed by atoms with Gasteiger partial charge in [-0.25, -0.2) is 0 Å². The number of benzene rings is 2. The van der Waals surface area contributed by atoms with Gasteiger partial charge in [-0.05, 0) is 68.5 Å². The molecular weight excluding hydrogens is 578 g/mol. The number of fused-ring (bicyclic) bond motifs is 1. The Balaban J connectivity index is 1.64. The minimum atomic E-state index is -1.24. The van der Waals surface area contributed by atoms with Crippen molar-refractivity contribution in [3.05, 3.63) is 84.9 Å². The van der Waals surface area contributed by atoms with Crippen LogP contribution in [-0.2, 0) is 19.1 Å². The standard InChI is InChI=1S/C35H42ClN3O5/c1-6-19-37(25-11-9-8-10-12-25)31(41)28-29-32(42)39(27(22-40)21-23(3)4)30(35(29)18-17-34(28,5)44-35)33(43)38(20-7-2)26-15-13-24(36)14-16-26/h6-16,23,27-30,40H,1-2,17-22H2,3-5H3/t27-,28-,29+,30?,34+,35?/m1/s1. The smallest absolute Gasteiger partial charge is 0.253 e. The zero-order valence-electron chi connectivity index (χ0n) is 25.7. The molecular formula is C35H42ClN3O5. The summed E-state index contributed by atoms with van der Waals surface area (Å²) >= 11 is 6.16. The second kappa shape index (κ2) is 12.5. The first kappa shape index (κ1) is 31.9. The molecule has 1 N–H and O–H groups in total. The maximum Gasteiger partial charge on any atom is 0.253 e. The van der Waals surface area contributed by atoms with Gasteiger partial charge in [-0.2, -0.15) is 0 Å². The van der Waals surface area contributed by atoms with Crippen molar-refractivity contribution in [1.29, 1.82) is 0 Å². The fraction of sp³-hybridized carbons (Fsp3) is 0.457. The Hall–Kier alpha value is -3.46. The number of carbonyl (C=O) groups excluding carboxylic acids is 3. The average molecular weight is 620 g/mol. The predicted octanol–water partition coefficient (Wildman–Crippen LogP) is 5.25. The van der Waals surface area contributed by atoms with Gasteiger partial charge >= 0.3 is 0 Å². The first-order valence-electron chi connectivity index (χ1n) is 15.3. The van der Waals surface area contributed by atoms with Crippen molar-refractivity contribution in [2.45, 2.75) is 63.3 Å². The monoisotopic (exact) mass is 619 g/mol. The summed E-state index contributed by atoms with van der Waals surface area (Å²) < 4.78 is 6.87. The number of anilines is 2. The number of hydrogen-bond acceptors (Lipinski definition) is 5. The number of rotatable bonds is 12. The average Bonchev–Trinajstić information content (AvgIpc) is 3.58. The maximum atomic E-state index is 14.8. The van der Waals surface area contributed by atoms with Gasteiger partial charge in [0, 0.05) is 29.5 Å². The van der Waals surface area contributed by atoms with E-state index in [1.54, 1.807) is 51.1 Å². The van der Waals surface area contributed by atoms with Gasteiger partial charge in [-0.15, -0.1) is 13.2 Å². The van der Waals surface area contributed by atoms with E-state index in [-0.39, 0.29) is 43.3 Å². The quantitative estimate of drug-likeness (QED) is 0.328. The summed E-state index contributed by atoms with van der Waals surface area (Å²) in [7, 11) is 0. The molecule has 5 rings (SSSR count). The van der Waals surface area contributed by atoms with Crippen LogP contribution in [0.2, 0.25) is 5.02 Å². The van der Waals surface area contributed by atoms with Crippen molar-refractivity contribution in [2.24, 2.45) is 17.8 Å². The number of para-hydroxylation sites is 1. The molecule has 2 aromatic carbocycles. The molecule has 3 saturated heterocycles. The van der Waals surface area contributed by atoms with Crippen LogP contribution in [0.5, 0.6) is 0 Å². The van der Waals surface area contributed by atoms with Crippen LogP contribution in [0.3, 0.4) is 0 Å². The number of hydrogen-bond donors (Lipinski definition) is 1. The number of ether oxygens (including phenoxy) is 1. The Kier molecular flexibility index (Phi) is 9.08. The Morgan fingerprint density at radius 2 is 1.61 bits per heavy atom. The van der Waals surface area contributed by atoms with Gasteiger partial charge in [-0.1, -0.05) is 55.8 Å². The number of aliphatic hydroxyl groups excluding tert-OH is 1. The second-order valence-electron chi connectivity index (χ2n) is 12.7. The molecule has 2 bridgehead atoms. The molecule has 3 aliphatic heterocycles. The van der Waals surface area contributed by atoms with Crippen molar-refractivity contribution < 1.29 is 24.2 Å². The van der Waals surface area contributed by atoms with Gasteiger partial charge in [0.05, 0.1) is 30.1 Å². The van der Waals surface area contributed by atoms with E-state index in [0.717, 1.165) is 0 Å². The molecule has 9 heteroatoms. The van der Waals surface area contributed by atoms with Crippen molar-refractivity contribution in [2.75, 3.05) is 29.5 Å². The topological polar surface area (TPSA) is 90.4 Å². The summed E-state index contributed by atoms with van der Waals surface area (Å²) in [6.07, 6.45) is 4.73. The van der Waals surface area contributed by atoms with Crippen LogP contribution >= 0.6 is 11.6 Å². The van der Waals surface area contributed by atoms with Crippen LogP contribution in [0.15, 0.2) is 79.9 Å². The van der Waals surface area contributed by atoms with Crippen molar-refractivity contribution >= 4 is 40.7 Å². The van der Waals surface area contributed by atoms with Crippen LogP contribution in [0.25, 0.3) is 0 Å². The summed E-state index contributed by atoms with van der Waals surface area (Å²) in [5.41, 5.74) is -0.896. The maximum absolute atomic E-state index is 14.8. The van der Waals surface area contributed by atoms with E-state index in [1.165, 1.54) is 0 Å². The minimum Gasteiger partial charge on any atom is -0.394 e. The number of likely N-dealkylation sites (tertiary alicyclic amines) is 1. The minimum absolute atomic E-state index is 0.141. The molecule has 1 spiro atoms. The molecule has 3 heterocycles. The Labute approximate surface area is 264 Å². The number of carbonyl (C=O) groups is 3. The molecule has 0 aromatic heterocycles. The molecule has 0 saturated carbocycles. The lowest BCUT2D eigenvalue weighted by Crippen LogP contribution is -2.59. The van der Waals surface area contributed by atoms with E-state index in [4.69, 9.17) is 16.3 Å². The highest BCUT2D eigenvalue weighted by Crippen LogP contribution is 2.64. The fourth-order valence-electron chi connectivity index (χ4n) is 7.68. The highest BCUT2D eigenvalue weighted by molar-refractivity contribution is 6.30. The van der Waals surface area contributed by atoms with Gasteiger partial charge in [-0.3, -0.25) is 14.4 Å². The highest BCUT2D eigenvalue weighted by Gasteiger charge is 2.79. The van der Waals surface area contributed by atoms with E-state index < -0.39 is 35.1 Å². The number of amides is 3. The molecule has 6 atom stereocenters. The van der Waals surface area contributed by atoms with Crippen LogP contribution in [0, 0.1) is 17.8 Å². The molecule has 3 fully saturated rings. The van der Waals surface area contributed by atoms with Gasteiger partial charge in [0.2, 0.25) is 11.8 Å². The lowest BCUT2D eigenvalue weighted by Gasteiger charge is -2.40. The SMILES string of the molecule is C=CCN(C(=O)C1N([C@@H](CO)CC(C)C)C(=O)[C@@H]2[C@H](C(=O)N(CC=C)c3ccccc3)[C@]3(C)CCC12O3)c1ccc(Cl)cc1. The van der Waals surface area contributed by atoms with Gasteiger partial charge < -0.3 is 24.5 Å². The van der Waals surface area contributed by atoms with Crippen molar-refractivity contribution in [3.63, 3.8) is 0 Å². The Morgan fingerprint density at radius 1 is 1.02 bits per heavy atom. The van der Waals surface area contributed by atoms with E-state index in [1.807, 2.05) is 51.1 Å². The highest BCUT2D eigenvalue weighted by atomic mass is 35.5. The first-order chi connectivity index (χ1) is 21.0. The normalized spacial score (nSPS) is 27.7. The Bertz CT molecular complexity index is 1420. The summed E-state index contributed by atoms with van der Waals surface area (Å²) in [5.74, 6) is -2.49. The molecule has 2 aromatic rings. The second-order valence-corrected chi connectivity index (χ2v) is 13.2. The lowest BCUT2D eigenvalue weighted by atomic mass is 9.66. The van der Waals surface area contributed by atoms with Crippen molar-refractivity contribution in [3.8, 4) is 0 Å². The number of aliphatic hydroxyl groups is 1. The molecule has 2 unspecified atom stereocenters. The molecule has 44 heavy (non-hydrogen) atoms. The largest absolute Gasteiger partial charge is 0.394 e. The summed E-state index contributed by atoms with van der Waals surface area (Å²) in [6.45, 7) is 13.8. The molecule has 0 radical (unpaired) electrons. The van der Waals surface area contributed by atoms with E-state index >= 15 is 0 Å². The summed E-state index contributed by atoms with van der Waals surface area (Å²) in [6, 6.07) is 14.6. The third-order valence-corrected chi connectivity index (χ3v) is 9.68. The zero-order chi connectivity index (χ0) is 31.8. The molecule has 3 aliphatic rings. The molecule has 234 valence electrons. The third kappa shape index (κ3) is 5.27. The van der Waals surface area contributed by atoms with Crippen LogP contribution in [0.1, 0.15) is 40.0 Å². The molecule has 8 nitrogen and oxygen atoms in total. The molecule has 3 amide bonds. The number of halogens is 1. The van der Waals surface area contributed by atoms with Crippen LogP contribution < -0.4 is 9.80 Å². The lowest BCUT2D eigenvalue weighted by molar-refractivity contribution is -0.148. The molecule has 0 aliphatic carbocycles.